The number of nitrogens with one attached hydrogen (secondary N) is 2. The van der Waals surface area contributed by atoms with Crippen molar-refractivity contribution in [2.24, 2.45) is 0 Å². The highest BCUT2D eigenvalue weighted by molar-refractivity contribution is 5.74. The molecule has 126 valence electrons. The molecule has 0 aromatic heterocycles. The van der Waals surface area contributed by atoms with Gasteiger partial charge in [-0.3, -0.25) is 0 Å². The van der Waals surface area contributed by atoms with E-state index in [9.17, 15) is 4.79 Å². The largest absolute Gasteiger partial charge is 0.493 e. The highest BCUT2D eigenvalue weighted by atomic mass is 16.5. The van der Waals surface area contributed by atoms with Gasteiger partial charge in [0.2, 0.25) is 5.75 Å². The molecular formula is C17H24N2O4. The third kappa shape index (κ3) is 4.55. The fraction of sp³-hybridized carbons (Fsp3) is 0.471. The summed E-state index contributed by atoms with van der Waals surface area (Å²) in [4.78, 5) is 12.0. The van der Waals surface area contributed by atoms with Gasteiger partial charge in [0.15, 0.2) is 11.5 Å². The van der Waals surface area contributed by atoms with Crippen LogP contribution in [-0.2, 0) is 6.54 Å². The number of hydrogen-bond donors (Lipinski definition) is 2. The third-order valence-corrected chi connectivity index (χ3v) is 3.78. The maximum atomic E-state index is 12.0. The first-order chi connectivity index (χ1) is 11.2. The Balaban J connectivity index is 1.96. The number of rotatable bonds is 6. The lowest BCUT2D eigenvalue weighted by molar-refractivity contribution is 0.235. The van der Waals surface area contributed by atoms with Crippen LogP contribution in [0.4, 0.5) is 4.79 Å². The van der Waals surface area contributed by atoms with E-state index < -0.39 is 0 Å². The van der Waals surface area contributed by atoms with Crippen LogP contribution in [0.1, 0.15) is 24.8 Å². The van der Waals surface area contributed by atoms with Crippen LogP contribution in [0.25, 0.3) is 0 Å². The molecule has 6 nitrogen and oxygen atoms in total. The molecular weight excluding hydrogens is 296 g/mol. The molecule has 0 saturated heterocycles. The number of benzene rings is 1. The van der Waals surface area contributed by atoms with Gasteiger partial charge in [-0.15, -0.1) is 0 Å². The second-order valence-corrected chi connectivity index (χ2v) is 5.34. The van der Waals surface area contributed by atoms with Crippen LogP contribution in [0.3, 0.4) is 0 Å². The molecule has 2 rings (SSSR count). The fourth-order valence-corrected chi connectivity index (χ4v) is 2.58. The summed E-state index contributed by atoms with van der Waals surface area (Å²) in [6.07, 6.45) is 7.13. The van der Waals surface area contributed by atoms with Gasteiger partial charge >= 0.3 is 6.03 Å². The average molecular weight is 320 g/mol. The zero-order valence-corrected chi connectivity index (χ0v) is 13.8. The van der Waals surface area contributed by atoms with Crippen molar-refractivity contribution >= 4 is 6.03 Å². The van der Waals surface area contributed by atoms with Crippen molar-refractivity contribution in [1.82, 2.24) is 10.6 Å². The van der Waals surface area contributed by atoms with Crippen molar-refractivity contribution in [1.29, 1.82) is 0 Å². The summed E-state index contributed by atoms with van der Waals surface area (Å²) < 4.78 is 15.9. The van der Waals surface area contributed by atoms with E-state index in [1.54, 1.807) is 21.3 Å². The van der Waals surface area contributed by atoms with Crippen molar-refractivity contribution in [3.63, 3.8) is 0 Å². The normalized spacial score (nSPS) is 16.6. The van der Waals surface area contributed by atoms with Gasteiger partial charge in [0.05, 0.1) is 21.3 Å². The lowest BCUT2D eigenvalue weighted by Gasteiger charge is -2.20. The number of allylic oxidation sites excluding steroid dienone is 1. The van der Waals surface area contributed by atoms with Crippen LogP contribution in [0.2, 0.25) is 0 Å². The summed E-state index contributed by atoms with van der Waals surface area (Å²) in [5, 5.41) is 5.84. The Morgan fingerprint density at radius 2 is 1.83 bits per heavy atom. The van der Waals surface area contributed by atoms with E-state index in [0.29, 0.717) is 23.8 Å². The quantitative estimate of drug-likeness (QED) is 0.791. The average Bonchev–Trinajstić information content (AvgIpc) is 2.59. The predicted molar refractivity (Wildman–Crippen MR) is 88.2 cm³/mol. The number of methoxy groups -OCH3 is 3. The molecule has 0 spiro atoms. The lowest BCUT2D eigenvalue weighted by atomic mass is 10.0. The number of ether oxygens (including phenoxy) is 3. The zero-order valence-electron chi connectivity index (χ0n) is 13.8. The lowest BCUT2D eigenvalue weighted by Crippen LogP contribution is -2.42. The Morgan fingerprint density at radius 3 is 2.35 bits per heavy atom. The summed E-state index contributed by atoms with van der Waals surface area (Å²) in [7, 11) is 4.69. The van der Waals surface area contributed by atoms with Gasteiger partial charge in [-0.05, 0) is 37.0 Å². The molecule has 0 radical (unpaired) electrons. The molecule has 1 aromatic rings. The molecule has 0 aliphatic heterocycles. The zero-order chi connectivity index (χ0) is 16.7. The molecule has 0 unspecified atom stereocenters. The van der Waals surface area contributed by atoms with Crippen LogP contribution in [0.5, 0.6) is 17.2 Å². The molecule has 6 heteroatoms. The van der Waals surface area contributed by atoms with E-state index in [1.165, 1.54) is 0 Å². The van der Waals surface area contributed by atoms with Gasteiger partial charge in [-0.2, -0.15) is 0 Å². The van der Waals surface area contributed by atoms with Gasteiger partial charge < -0.3 is 24.8 Å². The molecule has 0 saturated carbocycles. The maximum absolute atomic E-state index is 12.0. The Hall–Kier alpha value is -2.37. The van der Waals surface area contributed by atoms with Crippen LogP contribution >= 0.6 is 0 Å². The Labute approximate surface area is 136 Å². The molecule has 1 aromatic carbocycles. The molecule has 2 amide bonds. The fourth-order valence-electron chi connectivity index (χ4n) is 2.58. The molecule has 0 fully saturated rings. The van der Waals surface area contributed by atoms with Gasteiger partial charge in [-0.25, -0.2) is 4.79 Å². The highest BCUT2D eigenvalue weighted by Gasteiger charge is 2.15. The van der Waals surface area contributed by atoms with Crippen molar-refractivity contribution in [3.05, 3.63) is 29.8 Å². The highest BCUT2D eigenvalue weighted by Crippen LogP contribution is 2.38. The van der Waals surface area contributed by atoms with Gasteiger partial charge in [-0.1, -0.05) is 12.2 Å². The van der Waals surface area contributed by atoms with E-state index in [0.717, 1.165) is 24.8 Å². The third-order valence-electron chi connectivity index (χ3n) is 3.78. The summed E-state index contributed by atoms with van der Waals surface area (Å²) in [6, 6.07) is 3.69. The predicted octanol–water partition coefficient (Wildman–Crippen LogP) is 2.62. The molecule has 0 bridgehead atoms. The van der Waals surface area contributed by atoms with Crippen molar-refractivity contribution < 1.29 is 19.0 Å². The molecule has 0 heterocycles. The summed E-state index contributed by atoms with van der Waals surface area (Å²) in [5.41, 5.74) is 0.873. The summed E-state index contributed by atoms with van der Waals surface area (Å²) in [6.45, 7) is 0.380. The summed E-state index contributed by atoms with van der Waals surface area (Å²) >= 11 is 0. The topological polar surface area (TPSA) is 68.8 Å². The van der Waals surface area contributed by atoms with Crippen LogP contribution < -0.4 is 24.8 Å². The minimum absolute atomic E-state index is 0.168. The first-order valence-electron chi connectivity index (χ1n) is 7.66. The molecule has 1 aliphatic rings. The number of carbonyl (C=O) groups excluding carboxylic acids is 1. The van der Waals surface area contributed by atoms with Crippen molar-refractivity contribution in [2.45, 2.75) is 31.8 Å². The van der Waals surface area contributed by atoms with E-state index >= 15 is 0 Å². The monoisotopic (exact) mass is 320 g/mol. The van der Waals surface area contributed by atoms with Crippen molar-refractivity contribution in [3.8, 4) is 17.2 Å². The summed E-state index contributed by atoms with van der Waals surface area (Å²) in [5.74, 6) is 1.68. The standard InChI is InChI=1S/C17H24N2O4/c1-21-14-9-12(10-15(22-2)16(14)23-3)11-18-17(20)19-13-7-5-4-6-8-13/h4-5,9-10,13H,6-8,11H2,1-3H3,(H2,18,19,20)/t13-/m0/s1. The first-order valence-corrected chi connectivity index (χ1v) is 7.66. The second kappa shape index (κ2) is 8.31. The number of hydrogen-bond acceptors (Lipinski definition) is 4. The number of amides is 2. The Bertz CT molecular complexity index is 547. The minimum atomic E-state index is -0.168. The van der Waals surface area contributed by atoms with Gasteiger partial charge in [0.1, 0.15) is 0 Å². The van der Waals surface area contributed by atoms with E-state index in [4.69, 9.17) is 14.2 Å². The van der Waals surface area contributed by atoms with E-state index in [2.05, 4.69) is 22.8 Å². The Morgan fingerprint density at radius 1 is 1.13 bits per heavy atom. The van der Waals surface area contributed by atoms with Crippen LogP contribution in [-0.4, -0.2) is 33.4 Å². The number of carbonyl (C=O) groups is 1. The van der Waals surface area contributed by atoms with Crippen LogP contribution in [0, 0.1) is 0 Å². The first kappa shape index (κ1) is 17.0. The SMILES string of the molecule is COc1cc(CNC(=O)N[C@H]2CC=CCC2)cc(OC)c1OC. The van der Waals surface area contributed by atoms with E-state index in [1.807, 2.05) is 12.1 Å². The van der Waals surface area contributed by atoms with Gasteiger partial charge in [0.25, 0.3) is 0 Å². The molecule has 1 atom stereocenters. The maximum Gasteiger partial charge on any atom is 0.315 e. The molecule has 1 aliphatic carbocycles. The van der Waals surface area contributed by atoms with Crippen LogP contribution in [0.15, 0.2) is 24.3 Å². The minimum Gasteiger partial charge on any atom is -0.493 e. The molecule has 23 heavy (non-hydrogen) atoms. The van der Waals surface area contributed by atoms with Gasteiger partial charge in [0, 0.05) is 12.6 Å². The van der Waals surface area contributed by atoms with E-state index in [-0.39, 0.29) is 12.1 Å². The number of urea groups is 1. The molecule has 2 N–H and O–H groups in total. The van der Waals surface area contributed by atoms with Crippen molar-refractivity contribution in [2.75, 3.05) is 21.3 Å². The smallest absolute Gasteiger partial charge is 0.315 e. The second-order valence-electron chi connectivity index (χ2n) is 5.34. The Kier molecular flexibility index (Phi) is 6.14.